The molecule has 1 N–H and O–H groups in total. The van der Waals surface area contributed by atoms with E-state index in [1.54, 1.807) is 23.1 Å². The fourth-order valence-electron chi connectivity index (χ4n) is 6.92. The van der Waals surface area contributed by atoms with Crippen molar-refractivity contribution in [3.05, 3.63) is 153 Å². The summed E-state index contributed by atoms with van der Waals surface area (Å²) in [5, 5.41) is 17.0. The van der Waals surface area contributed by atoms with Gasteiger partial charge in [0, 0.05) is 47.9 Å². The summed E-state index contributed by atoms with van der Waals surface area (Å²) in [6.45, 7) is 0. The molecule has 3 heterocycles. The number of benzene rings is 5. The highest BCUT2D eigenvalue weighted by Crippen LogP contribution is 2.61. The monoisotopic (exact) mass is 550 g/mol. The second-order valence-corrected chi connectivity index (χ2v) is 12.6. The first-order valence-electron chi connectivity index (χ1n) is 13.4. The van der Waals surface area contributed by atoms with Gasteiger partial charge in [0.05, 0.1) is 0 Å². The highest BCUT2D eigenvalue weighted by molar-refractivity contribution is 7.99. The average molecular weight is 551 g/mol. The van der Waals surface area contributed by atoms with Crippen LogP contribution in [0.2, 0.25) is 0 Å². The van der Waals surface area contributed by atoms with Crippen molar-refractivity contribution in [2.45, 2.75) is 21.0 Å². The minimum absolute atomic E-state index is 0.769. The number of aliphatic hydroxyl groups is 1. The molecule has 2 aliphatic heterocycles. The van der Waals surface area contributed by atoms with Gasteiger partial charge in [-0.1, -0.05) is 109 Å². The molecule has 0 saturated carbocycles. The maximum absolute atomic E-state index is 12.8. The van der Waals surface area contributed by atoms with Crippen LogP contribution in [0, 0.1) is 0 Å². The molecule has 0 saturated heterocycles. The lowest BCUT2D eigenvalue weighted by Gasteiger charge is -2.42. The van der Waals surface area contributed by atoms with Gasteiger partial charge in [0.2, 0.25) is 0 Å². The average Bonchev–Trinajstić information content (AvgIpc) is 3.64. The zero-order chi connectivity index (χ0) is 26.5. The number of ether oxygens (including phenoxy) is 1. The van der Waals surface area contributed by atoms with E-state index in [-0.39, 0.29) is 0 Å². The third kappa shape index (κ3) is 2.73. The molecule has 1 unspecified atom stereocenters. The zero-order valence-electron chi connectivity index (χ0n) is 21.3. The number of hydrogen-bond acceptors (Lipinski definition) is 4. The van der Waals surface area contributed by atoms with Crippen LogP contribution < -0.4 is 4.74 Å². The molecule has 0 bridgehead atoms. The number of rotatable bonds is 1. The molecule has 0 fully saturated rings. The van der Waals surface area contributed by atoms with Crippen molar-refractivity contribution in [3.8, 4) is 16.9 Å². The van der Waals surface area contributed by atoms with Crippen molar-refractivity contribution in [2.75, 3.05) is 0 Å². The zero-order valence-corrected chi connectivity index (χ0v) is 22.9. The van der Waals surface area contributed by atoms with Gasteiger partial charge in [-0.3, -0.25) is 0 Å². The fraction of sp³-hybridized carbons (Fsp3) is 0.0556. The van der Waals surface area contributed by atoms with Crippen molar-refractivity contribution in [2.24, 2.45) is 0 Å². The summed E-state index contributed by atoms with van der Waals surface area (Å²) in [7, 11) is 0. The highest BCUT2D eigenvalue weighted by Gasteiger charge is 2.50. The van der Waals surface area contributed by atoms with Crippen LogP contribution in [0.4, 0.5) is 0 Å². The lowest BCUT2D eigenvalue weighted by atomic mass is 9.79. The van der Waals surface area contributed by atoms with Gasteiger partial charge in [0.1, 0.15) is 5.75 Å². The summed E-state index contributed by atoms with van der Waals surface area (Å²) < 4.78 is 7.35. The standard InChI is InChI=1S/C36H22O2S2/c37-36(31-18-9-21-39-31)26-13-4-3-12-24(26)32-22-10-1-2-11-23(22)34-25(33(32)36)19-20-35(38-34)27-14-5-7-16-29(27)40-30-17-8-6-15-28(30)35/h1-21,37H. The quantitative estimate of drug-likeness (QED) is 0.222. The summed E-state index contributed by atoms with van der Waals surface area (Å²) in [6.07, 6.45) is 4.41. The minimum Gasteiger partial charge on any atom is -0.472 e. The second kappa shape index (κ2) is 7.98. The van der Waals surface area contributed by atoms with Gasteiger partial charge in [-0.05, 0) is 46.2 Å². The molecular weight excluding hydrogens is 529 g/mol. The SMILES string of the molecule is OC1(c2cccs2)c2ccccc2-c2c1c1c(c3ccccc23)OC2(C=C1)c1ccccc1Sc1ccccc12. The molecule has 0 amide bonds. The summed E-state index contributed by atoms with van der Waals surface area (Å²) in [6, 6.07) is 37.9. The largest absolute Gasteiger partial charge is 0.472 e. The molecule has 40 heavy (non-hydrogen) atoms. The Labute approximate surface area is 240 Å². The molecule has 1 aliphatic carbocycles. The molecule has 0 radical (unpaired) electrons. The van der Waals surface area contributed by atoms with Crippen molar-refractivity contribution in [1.82, 2.24) is 0 Å². The van der Waals surface area contributed by atoms with E-state index in [1.165, 1.54) is 9.79 Å². The van der Waals surface area contributed by atoms with E-state index in [4.69, 9.17) is 4.74 Å². The molecule has 5 aromatic carbocycles. The summed E-state index contributed by atoms with van der Waals surface area (Å²) in [5.41, 5.74) is 5.17. The molecule has 3 aliphatic rings. The lowest BCUT2D eigenvalue weighted by Crippen LogP contribution is -2.37. The summed E-state index contributed by atoms with van der Waals surface area (Å²) in [4.78, 5) is 3.30. The first-order chi connectivity index (χ1) is 19.7. The van der Waals surface area contributed by atoms with Crippen LogP contribution in [0.5, 0.6) is 5.75 Å². The first-order valence-corrected chi connectivity index (χ1v) is 15.1. The van der Waals surface area contributed by atoms with Gasteiger partial charge in [-0.15, -0.1) is 11.3 Å². The Morgan fingerprint density at radius 1 is 0.650 bits per heavy atom. The molecule has 1 spiro atoms. The Bertz CT molecular complexity index is 1990. The maximum Gasteiger partial charge on any atom is 0.180 e. The third-order valence-electron chi connectivity index (χ3n) is 8.57. The van der Waals surface area contributed by atoms with E-state index in [0.29, 0.717) is 0 Å². The Balaban J connectivity index is 1.41. The maximum atomic E-state index is 12.8. The lowest BCUT2D eigenvalue weighted by molar-refractivity contribution is 0.130. The van der Waals surface area contributed by atoms with E-state index < -0.39 is 11.2 Å². The van der Waals surface area contributed by atoms with Crippen molar-refractivity contribution >= 4 is 39.9 Å². The summed E-state index contributed by atoms with van der Waals surface area (Å²) >= 11 is 3.38. The van der Waals surface area contributed by atoms with Crippen molar-refractivity contribution < 1.29 is 9.84 Å². The van der Waals surface area contributed by atoms with Crippen LogP contribution in [-0.4, -0.2) is 5.11 Å². The second-order valence-electron chi connectivity index (χ2n) is 10.5. The van der Waals surface area contributed by atoms with Gasteiger partial charge in [-0.2, -0.15) is 0 Å². The number of fused-ring (bicyclic) bond motifs is 12. The van der Waals surface area contributed by atoms with Crippen molar-refractivity contribution in [3.63, 3.8) is 0 Å². The van der Waals surface area contributed by atoms with Crippen LogP contribution in [-0.2, 0) is 11.2 Å². The van der Waals surface area contributed by atoms with Gasteiger partial charge in [0.25, 0.3) is 0 Å². The van der Waals surface area contributed by atoms with Gasteiger partial charge < -0.3 is 9.84 Å². The van der Waals surface area contributed by atoms with E-state index in [9.17, 15) is 5.11 Å². The van der Waals surface area contributed by atoms with Crippen LogP contribution in [0.25, 0.3) is 28.0 Å². The van der Waals surface area contributed by atoms with E-state index in [2.05, 4.69) is 103 Å². The molecule has 2 nitrogen and oxygen atoms in total. The molecule has 9 rings (SSSR count). The Hall–Kier alpha value is -4.09. The predicted molar refractivity (Wildman–Crippen MR) is 163 cm³/mol. The van der Waals surface area contributed by atoms with Crippen LogP contribution in [0.1, 0.15) is 32.7 Å². The van der Waals surface area contributed by atoms with Crippen LogP contribution >= 0.6 is 23.1 Å². The summed E-state index contributed by atoms with van der Waals surface area (Å²) in [5.74, 6) is 0.816. The smallest absolute Gasteiger partial charge is 0.180 e. The highest BCUT2D eigenvalue weighted by atomic mass is 32.2. The Kier molecular flexibility index (Phi) is 4.53. The van der Waals surface area contributed by atoms with E-state index in [0.717, 1.165) is 60.3 Å². The fourth-order valence-corrected chi connectivity index (χ4v) is 8.95. The molecule has 4 heteroatoms. The van der Waals surface area contributed by atoms with Crippen LogP contribution in [0.15, 0.2) is 130 Å². The van der Waals surface area contributed by atoms with Gasteiger partial charge >= 0.3 is 0 Å². The normalized spacial score (nSPS) is 18.9. The van der Waals surface area contributed by atoms with E-state index >= 15 is 0 Å². The third-order valence-corrected chi connectivity index (χ3v) is 10.7. The van der Waals surface area contributed by atoms with Crippen molar-refractivity contribution in [1.29, 1.82) is 0 Å². The first kappa shape index (κ1) is 22.7. The Morgan fingerprint density at radius 3 is 2.02 bits per heavy atom. The number of thiophene rings is 1. The predicted octanol–water partition coefficient (Wildman–Crippen LogP) is 8.98. The molecule has 1 aromatic heterocycles. The molecule has 6 aromatic rings. The number of hydrogen-bond donors (Lipinski definition) is 1. The topological polar surface area (TPSA) is 29.5 Å². The molecular formula is C36H22O2S2. The molecule has 190 valence electrons. The molecule has 1 atom stereocenters. The minimum atomic E-state index is -1.27. The van der Waals surface area contributed by atoms with Gasteiger partial charge in [0.15, 0.2) is 11.2 Å². The van der Waals surface area contributed by atoms with Crippen LogP contribution in [0.3, 0.4) is 0 Å². The van der Waals surface area contributed by atoms with Gasteiger partial charge in [-0.25, -0.2) is 0 Å². The van der Waals surface area contributed by atoms with E-state index in [1.807, 2.05) is 23.6 Å². The Morgan fingerprint density at radius 2 is 1.30 bits per heavy atom.